The summed E-state index contributed by atoms with van der Waals surface area (Å²) < 4.78 is 47.9. The van der Waals surface area contributed by atoms with Gasteiger partial charge in [-0.1, -0.05) is 17.3 Å². The summed E-state index contributed by atoms with van der Waals surface area (Å²) >= 11 is 0. The number of aryl methyl sites for hydroxylation is 1. The average molecular weight is 446 g/mol. The molecule has 0 fully saturated rings. The van der Waals surface area contributed by atoms with Gasteiger partial charge in [0.2, 0.25) is 0 Å². The second kappa shape index (κ2) is 8.19. The zero-order valence-electron chi connectivity index (χ0n) is 17.6. The van der Waals surface area contributed by atoms with Crippen molar-refractivity contribution in [1.82, 2.24) is 19.6 Å². The topological polar surface area (TPSA) is 76.6 Å². The van der Waals surface area contributed by atoms with Crippen LogP contribution in [0.4, 0.5) is 13.2 Å². The Bertz CT molecular complexity index is 1240. The van der Waals surface area contributed by atoms with Gasteiger partial charge in [-0.3, -0.25) is 0 Å². The SMILES string of the molecule is Cc1cc(-c2nc(CN(C)C)no2)cc2cn(Cc3ccc(OC(F)(F)F)cc3)c(O)c12. The minimum absolute atomic E-state index is 0.0680. The van der Waals surface area contributed by atoms with Gasteiger partial charge >= 0.3 is 6.36 Å². The predicted molar refractivity (Wildman–Crippen MR) is 111 cm³/mol. The van der Waals surface area contributed by atoms with Crippen LogP contribution in [0.15, 0.2) is 47.1 Å². The Labute approximate surface area is 181 Å². The van der Waals surface area contributed by atoms with Gasteiger partial charge in [0.25, 0.3) is 5.89 Å². The van der Waals surface area contributed by atoms with Crippen molar-refractivity contribution in [3.63, 3.8) is 0 Å². The molecule has 168 valence electrons. The highest BCUT2D eigenvalue weighted by Crippen LogP contribution is 2.34. The molecule has 0 aliphatic rings. The molecule has 1 N–H and O–H groups in total. The van der Waals surface area contributed by atoms with Gasteiger partial charge in [0.05, 0.1) is 13.1 Å². The van der Waals surface area contributed by atoms with E-state index in [0.29, 0.717) is 29.2 Å². The van der Waals surface area contributed by atoms with E-state index in [0.717, 1.165) is 16.5 Å². The maximum atomic E-state index is 12.3. The first-order chi connectivity index (χ1) is 15.1. The molecule has 0 spiro atoms. The Hall–Kier alpha value is -3.53. The predicted octanol–water partition coefficient (Wildman–Crippen LogP) is 4.71. The first-order valence-corrected chi connectivity index (χ1v) is 9.74. The number of aromatic nitrogens is 3. The number of ether oxygens (including phenoxy) is 1. The zero-order chi connectivity index (χ0) is 23.0. The molecule has 2 aromatic carbocycles. The molecule has 10 heteroatoms. The molecule has 4 rings (SSSR count). The van der Waals surface area contributed by atoms with E-state index in [1.54, 1.807) is 10.8 Å². The van der Waals surface area contributed by atoms with E-state index >= 15 is 0 Å². The molecule has 0 saturated carbocycles. The average Bonchev–Trinajstić information content (AvgIpc) is 3.26. The number of alkyl halides is 3. The molecule has 0 unspecified atom stereocenters. The molecular weight excluding hydrogens is 425 g/mol. The van der Waals surface area contributed by atoms with Gasteiger partial charge in [-0.2, -0.15) is 4.98 Å². The number of benzene rings is 2. The van der Waals surface area contributed by atoms with Crippen LogP contribution < -0.4 is 4.74 Å². The standard InChI is InChI=1S/C22H21F3N4O3/c1-13-8-15(20-26-18(27-32-20)12-28(2)3)9-16-11-29(21(30)19(13)16)10-14-4-6-17(7-5-14)31-22(23,24)25/h4-9,11,30H,10,12H2,1-3H3. The maximum absolute atomic E-state index is 12.3. The van der Waals surface area contributed by atoms with Gasteiger partial charge in [-0.25, -0.2) is 0 Å². The minimum Gasteiger partial charge on any atom is -0.494 e. The van der Waals surface area contributed by atoms with Crippen LogP contribution in [0.2, 0.25) is 0 Å². The molecule has 0 bridgehead atoms. The molecular formula is C22H21F3N4O3. The highest BCUT2D eigenvalue weighted by molar-refractivity contribution is 5.93. The van der Waals surface area contributed by atoms with Crippen LogP contribution in [-0.2, 0) is 13.1 Å². The van der Waals surface area contributed by atoms with Crippen LogP contribution in [0.3, 0.4) is 0 Å². The molecule has 4 aromatic rings. The van der Waals surface area contributed by atoms with Crippen molar-refractivity contribution < 1.29 is 27.5 Å². The molecule has 0 aliphatic carbocycles. The van der Waals surface area contributed by atoms with Gasteiger partial charge < -0.3 is 23.8 Å². The van der Waals surface area contributed by atoms with Crippen molar-refractivity contribution >= 4 is 10.8 Å². The lowest BCUT2D eigenvalue weighted by atomic mass is 10.1. The van der Waals surface area contributed by atoms with E-state index < -0.39 is 6.36 Å². The third-order valence-electron chi connectivity index (χ3n) is 4.84. The second-order valence-corrected chi connectivity index (χ2v) is 7.78. The van der Waals surface area contributed by atoms with E-state index in [2.05, 4.69) is 14.9 Å². The number of rotatable bonds is 6. The summed E-state index contributed by atoms with van der Waals surface area (Å²) in [5.41, 5.74) is 2.27. The Balaban J connectivity index is 1.61. The van der Waals surface area contributed by atoms with E-state index in [-0.39, 0.29) is 18.2 Å². The van der Waals surface area contributed by atoms with E-state index in [1.807, 2.05) is 38.1 Å². The Morgan fingerprint density at radius 2 is 1.88 bits per heavy atom. The highest BCUT2D eigenvalue weighted by Gasteiger charge is 2.31. The number of fused-ring (bicyclic) bond motifs is 1. The van der Waals surface area contributed by atoms with Crippen molar-refractivity contribution in [2.24, 2.45) is 0 Å². The van der Waals surface area contributed by atoms with Crippen molar-refractivity contribution in [2.75, 3.05) is 14.1 Å². The van der Waals surface area contributed by atoms with Crippen molar-refractivity contribution in [3.8, 4) is 23.1 Å². The first-order valence-electron chi connectivity index (χ1n) is 9.74. The number of hydrogen-bond donors (Lipinski definition) is 1. The van der Waals surface area contributed by atoms with E-state index in [1.165, 1.54) is 24.3 Å². The molecule has 0 aliphatic heterocycles. The first kappa shape index (κ1) is 21.7. The fraction of sp³-hybridized carbons (Fsp3) is 0.273. The summed E-state index contributed by atoms with van der Waals surface area (Å²) in [6.45, 7) is 2.69. The summed E-state index contributed by atoms with van der Waals surface area (Å²) in [4.78, 5) is 6.35. The molecule has 0 radical (unpaired) electrons. The molecule has 2 aromatic heterocycles. The molecule has 0 saturated heterocycles. The van der Waals surface area contributed by atoms with Crippen molar-refractivity contribution in [3.05, 3.63) is 59.5 Å². The fourth-order valence-electron chi connectivity index (χ4n) is 3.55. The molecule has 2 heterocycles. The fourth-order valence-corrected chi connectivity index (χ4v) is 3.55. The smallest absolute Gasteiger partial charge is 0.494 e. The van der Waals surface area contributed by atoms with Crippen LogP contribution in [0.25, 0.3) is 22.2 Å². The highest BCUT2D eigenvalue weighted by atomic mass is 19.4. The largest absolute Gasteiger partial charge is 0.573 e. The lowest BCUT2D eigenvalue weighted by Gasteiger charge is -2.10. The van der Waals surface area contributed by atoms with Crippen LogP contribution in [-0.4, -0.2) is 45.2 Å². The van der Waals surface area contributed by atoms with Gasteiger partial charge in [-0.05, 0) is 56.4 Å². The summed E-state index contributed by atoms with van der Waals surface area (Å²) in [5.74, 6) is 0.732. The molecule has 0 atom stereocenters. The Morgan fingerprint density at radius 1 is 1.16 bits per heavy atom. The van der Waals surface area contributed by atoms with Crippen LogP contribution in [0.5, 0.6) is 11.6 Å². The van der Waals surface area contributed by atoms with Crippen LogP contribution in [0, 0.1) is 6.92 Å². The molecule has 32 heavy (non-hydrogen) atoms. The maximum Gasteiger partial charge on any atom is 0.573 e. The summed E-state index contributed by atoms with van der Waals surface area (Å²) in [5, 5.41) is 16.2. The normalized spacial score (nSPS) is 12.1. The monoisotopic (exact) mass is 446 g/mol. The minimum atomic E-state index is -4.74. The number of aromatic hydroxyl groups is 1. The second-order valence-electron chi connectivity index (χ2n) is 7.78. The van der Waals surface area contributed by atoms with Crippen molar-refractivity contribution in [1.29, 1.82) is 0 Å². The quantitative estimate of drug-likeness (QED) is 0.462. The Morgan fingerprint density at radius 3 is 2.53 bits per heavy atom. The van der Waals surface area contributed by atoms with Gasteiger partial charge in [0, 0.05) is 22.5 Å². The molecule has 7 nitrogen and oxygen atoms in total. The van der Waals surface area contributed by atoms with Crippen LogP contribution in [0.1, 0.15) is 17.0 Å². The number of halogens is 3. The lowest BCUT2D eigenvalue weighted by Crippen LogP contribution is -2.17. The summed E-state index contributed by atoms with van der Waals surface area (Å²) in [6, 6.07) is 9.25. The lowest BCUT2D eigenvalue weighted by molar-refractivity contribution is -0.274. The number of hydrogen-bond acceptors (Lipinski definition) is 6. The third-order valence-corrected chi connectivity index (χ3v) is 4.84. The summed E-state index contributed by atoms with van der Waals surface area (Å²) in [7, 11) is 3.82. The van der Waals surface area contributed by atoms with E-state index in [4.69, 9.17) is 4.52 Å². The van der Waals surface area contributed by atoms with Gasteiger partial charge in [0.1, 0.15) is 5.75 Å². The third kappa shape index (κ3) is 4.70. The molecule has 0 amide bonds. The van der Waals surface area contributed by atoms with Crippen LogP contribution >= 0.6 is 0 Å². The summed E-state index contributed by atoms with van der Waals surface area (Å²) in [6.07, 6.45) is -2.96. The van der Waals surface area contributed by atoms with E-state index in [9.17, 15) is 18.3 Å². The Kier molecular flexibility index (Phi) is 5.55. The van der Waals surface area contributed by atoms with Gasteiger partial charge in [-0.15, -0.1) is 13.2 Å². The van der Waals surface area contributed by atoms with Crippen molar-refractivity contribution in [2.45, 2.75) is 26.4 Å². The zero-order valence-corrected chi connectivity index (χ0v) is 17.6. The number of nitrogens with zero attached hydrogens (tertiary/aromatic N) is 4. The van der Waals surface area contributed by atoms with Gasteiger partial charge in [0.15, 0.2) is 11.7 Å².